The van der Waals surface area contributed by atoms with Crippen LogP contribution in [0.15, 0.2) is 23.2 Å². The molecule has 0 bridgehead atoms. The van der Waals surface area contributed by atoms with Crippen LogP contribution in [0.4, 0.5) is 0 Å². The molecule has 1 aromatic carbocycles. The molecule has 2 rings (SSSR count). The van der Waals surface area contributed by atoms with E-state index >= 15 is 0 Å². The van der Waals surface area contributed by atoms with Crippen molar-refractivity contribution < 1.29 is 14.2 Å². The second-order valence-electron chi connectivity index (χ2n) is 6.90. The molecule has 0 radical (unpaired) electrons. The molecule has 2 N–H and O–H groups in total. The Balaban J connectivity index is 0.00000392. The summed E-state index contributed by atoms with van der Waals surface area (Å²) in [6.45, 7) is 9.86. The fourth-order valence-electron chi connectivity index (χ4n) is 3.01. The Morgan fingerprint density at radius 1 is 1.32 bits per heavy atom. The summed E-state index contributed by atoms with van der Waals surface area (Å²) in [5.41, 5.74) is 2.41. The lowest BCUT2D eigenvalue weighted by atomic mass is 10.1. The third-order valence-electron chi connectivity index (χ3n) is 4.62. The van der Waals surface area contributed by atoms with Gasteiger partial charge in [-0.3, -0.25) is 4.99 Å². The van der Waals surface area contributed by atoms with E-state index in [1.807, 2.05) is 0 Å². The highest BCUT2D eigenvalue weighted by molar-refractivity contribution is 14.0. The maximum Gasteiger partial charge on any atom is 0.191 e. The summed E-state index contributed by atoms with van der Waals surface area (Å²) in [5.74, 6) is 2.38. The molecular weight excluding hydrogens is 469 g/mol. The molecule has 0 spiro atoms. The maximum absolute atomic E-state index is 5.73. The van der Waals surface area contributed by atoms with E-state index in [4.69, 9.17) is 14.2 Å². The highest BCUT2D eigenvalue weighted by Crippen LogP contribution is 2.19. The molecule has 0 saturated carbocycles. The molecule has 1 aliphatic heterocycles. The zero-order chi connectivity index (χ0) is 19.3. The first-order chi connectivity index (χ1) is 13.2. The standard InChI is InChI=1S/C21H35N3O3.HI/c1-4-22-21(23-10-5-12-26-15-19-9-13-27-16-19)24-11-8-18-7-6-17(2)20(14-18)25-3;/h6-7,14,19H,4-5,8-13,15-16H2,1-3H3,(H2,22,23,24);1H. The third-order valence-corrected chi connectivity index (χ3v) is 4.62. The molecule has 28 heavy (non-hydrogen) atoms. The van der Waals surface area contributed by atoms with Crippen LogP contribution in [0.25, 0.3) is 0 Å². The van der Waals surface area contributed by atoms with Crippen molar-refractivity contribution in [2.45, 2.75) is 33.1 Å². The molecule has 160 valence electrons. The number of guanidine groups is 1. The second kappa shape index (κ2) is 14.9. The largest absolute Gasteiger partial charge is 0.496 e. The van der Waals surface area contributed by atoms with Crippen LogP contribution in [0.5, 0.6) is 5.75 Å². The van der Waals surface area contributed by atoms with Gasteiger partial charge >= 0.3 is 0 Å². The van der Waals surface area contributed by atoms with Crippen molar-refractivity contribution in [3.63, 3.8) is 0 Å². The number of methoxy groups -OCH3 is 1. The monoisotopic (exact) mass is 505 g/mol. The molecule has 1 atom stereocenters. The third kappa shape index (κ3) is 9.43. The molecule has 1 aromatic rings. The number of benzene rings is 1. The maximum atomic E-state index is 5.73. The number of rotatable bonds is 11. The Hall–Kier alpha value is -1.06. The van der Waals surface area contributed by atoms with Gasteiger partial charge in [0.05, 0.1) is 20.3 Å². The van der Waals surface area contributed by atoms with Gasteiger partial charge in [0.2, 0.25) is 0 Å². The number of hydrogen-bond acceptors (Lipinski definition) is 4. The fraction of sp³-hybridized carbons (Fsp3) is 0.667. The summed E-state index contributed by atoms with van der Waals surface area (Å²) >= 11 is 0. The first-order valence-corrected chi connectivity index (χ1v) is 10.0. The van der Waals surface area contributed by atoms with Gasteiger partial charge < -0.3 is 24.8 Å². The number of aliphatic imine (C=N–C) groups is 1. The van der Waals surface area contributed by atoms with Crippen molar-refractivity contribution in [2.24, 2.45) is 10.9 Å². The topological polar surface area (TPSA) is 64.1 Å². The van der Waals surface area contributed by atoms with Gasteiger partial charge in [-0.15, -0.1) is 24.0 Å². The number of aryl methyl sites for hydroxylation is 1. The van der Waals surface area contributed by atoms with Crippen LogP contribution < -0.4 is 15.4 Å². The van der Waals surface area contributed by atoms with E-state index in [9.17, 15) is 0 Å². The Bertz CT molecular complexity index is 578. The Morgan fingerprint density at radius 2 is 2.18 bits per heavy atom. The summed E-state index contributed by atoms with van der Waals surface area (Å²) in [7, 11) is 1.71. The predicted octanol–water partition coefficient (Wildman–Crippen LogP) is 3.16. The van der Waals surface area contributed by atoms with Gasteiger partial charge in [0.1, 0.15) is 5.75 Å². The molecule has 7 heteroatoms. The first-order valence-electron chi connectivity index (χ1n) is 10.0. The van der Waals surface area contributed by atoms with Crippen molar-refractivity contribution in [1.29, 1.82) is 0 Å². The lowest BCUT2D eigenvalue weighted by molar-refractivity contribution is 0.0893. The smallest absolute Gasteiger partial charge is 0.191 e. The van der Waals surface area contributed by atoms with Crippen LogP contribution in [-0.4, -0.2) is 59.1 Å². The van der Waals surface area contributed by atoms with E-state index in [-0.39, 0.29) is 24.0 Å². The van der Waals surface area contributed by atoms with Gasteiger partial charge in [0.15, 0.2) is 5.96 Å². The average Bonchev–Trinajstić information content (AvgIpc) is 3.19. The zero-order valence-corrected chi connectivity index (χ0v) is 19.8. The lowest BCUT2D eigenvalue weighted by Gasteiger charge is -2.12. The lowest BCUT2D eigenvalue weighted by Crippen LogP contribution is -2.38. The number of nitrogens with zero attached hydrogens (tertiary/aromatic N) is 1. The molecule has 1 saturated heterocycles. The predicted molar refractivity (Wildman–Crippen MR) is 125 cm³/mol. The van der Waals surface area contributed by atoms with Gasteiger partial charge in [0.25, 0.3) is 0 Å². The van der Waals surface area contributed by atoms with Crippen LogP contribution in [0.1, 0.15) is 30.9 Å². The molecule has 1 unspecified atom stereocenters. The number of halogens is 1. The molecule has 0 amide bonds. The summed E-state index contributed by atoms with van der Waals surface area (Å²) in [5, 5.41) is 6.69. The van der Waals surface area contributed by atoms with E-state index in [1.54, 1.807) is 7.11 Å². The summed E-state index contributed by atoms with van der Waals surface area (Å²) < 4.78 is 16.5. The van der Waals surface area contributed by atoms with Crippen molar-refractivity contribution >= 4 is 29.9 Å². The van der Waals surface area contributed by atoms with Crippen LogP contribution in [0.3, 0.4) is 0 Å². The number of hydrogen-bond donors (Lipinski definition) is 2. The summed E-state index contributed by atoms with van der Waals surface area (Å²) in [4.78, 5) is 4.63. The van der Waals surface area contributed by atoms with Gasteiger partial charge in [0, 0.05) is 38.8 Å². The average molecular weight is 505 g/mol. The van der Waals surface area contributed by atoms with Crippen molar-refractivity contribution in [1.82, 2.24) is 10.6 Å². The zero-order valence-electron chi connectivity index (χ0n) is 17.5. The van der Waals surface area contributed by atoms with Crippen LogP contribution >= 0.6 is 24.0 Å². The Kier molecular flexibility index (Phi) is 13.3. The van der Waals surface area contributed by atoms with Gasteiger partial charge in [-0.1, -0.05) is 12.1 Å². The van der Waals surface area contributed by atoms with Gasteiger partial charge in [-0.25, -0.2) is 0 Å². The first kappa shape index (κ1) is 25.0. The molecule has 6 nitrogen and oxygen atoms in total. The van der Waals surface area contributed by atoms with Crippen LogP contribution in [0, 0.1) is 12.8 Å². The minimum absolute atomic E-state index is 0. The second-order valence-corrected chi connectivity index (χ2v) is 6.90. The highest BCUT2D eigenvalue weighted by atomic mass is 127. The molecule has 0 aromatic heterocycles. The van der Waals surface area contributed by atoms with Crippen molar-refractivity contribution in [2.75, 3.05) is 53.2 Å². The normalized spacial score (nSPS) is 16.5. The van der Waals surface area contributed by atoms with Crippen LogP contribution in [-0.2, 0) is 15.9 Å². The SMILES string of the molecule is CCNC(=NCCCOCC1CCOC1)NCCc1ccc(C)c(OC)c1.I. The Morgan fingerprint density at radius 3 is 2.89 bits per heavy atom. The minimum Gasteiger partial charge on any atom is -0.496 e. The molecule has 1 aliphatic rings. The molecule has 1 fully saturated rings. The van der Waals surface area contributed by atoms with E-state index < -0.39 is 0 Å². The minimum atomic E-state index is 0. The van der Waals surface area contributed by atoms with E-state index in [0.29, 0.717) is 5.92 Å². The fourth-order valence-corrected chi connectivity index (χ4v) is 3.01. The quantitative estimate of drug-likeness (QED) is 0.210. The van der Waals surface area contributed by atoms with E-state index in [2.05, 4.69) is 47.7 Å². The summed E-state index contributed by atoms with van der Waals surface area (Å²) in [6.07, 6.45) is 2.98. The van der Waals surface area contributed by atoms with Crippen molar-refractivity contribution in [3.8, 4) is 5.75 Å². The van der Waals surface area contributed by atoms with Crippen LogP contribution in [0.2, 0.25) is 0 Å². The Labute approximate surface area is 186 Å². The van der Waals surface area contributed by atoms with E-state index in [1.165, 1.54) is 5.56 Å². The molecular formula is C21H36IN3O3. The van der Waals surface area contributed by atoms with Gasteiger partial charge in [-0.2, -0.15) is 0 Å². The van der Waals surface area contributed by atoms with Crippen molar-refractivity contribution in [3.05, 3.63) is 29.3 Å². The summed E-state index contributed by atoms with van der Waals surface area (Å²) in [6, 6.07) is 6.36. The van der Waals surface area contributed by atoms with E-state index in [0.717, 1.165) is 82.6 Å². The molecule has 1 heterocycles. The number of nitrogens with one attached hydrogen (secondary N) is 2. The highest BCUT2D eigenvalue weighted by Gasteiger charge is 2.15. The van der Waals surface area contributed by atoms with Gasteiger partial charge in [-0.05, 0) is 50.3 Å². The molecule has 0 aliphatic carbocycles. The number of ether oxygens (including phenoxy) is 3.